The molecule has 0 aliphatic heterocycles. The van der Waals surface area contributed by atoms with Crippen LogP contribution in [0.2, 0.25) is 0 Å². The van der Waals surface area contributed by atoms with E-state index in [1.54, 1.807) is 13.3 Å². The molecule has 3 atom stereocenters. The van der Waals surface area contributed by atoms with Crippen LogP contribution < -0.4 is 0 Å². The minimum atomic E-state index is -0.613. The van der Waals surface area contributed by atoms with Gasteiger partial charge in [0.15, 0.2) is 0 Å². The first-order valence-electron chi connectivity index (χ1n) is 7.72. The lowest BCUT2D eigenvalue weighted by Crippen LogP contribution is -2.42. The molecule has 1 aromatic heterocycles. The van der Waals surface area contributed by atoms with Gasteiger partial charge < -0.3 is 9.84 Å². The summed E-state index contributed by atoms with van der Waals surface area (Å²) < 4.78 is 5.84. The quantitative estimate of drug-likeness (QED) is 0.931. The van der Waals surface area contributed by atoms with E-state index in [2.05, 4.69) is 18.0 Å². The molecule has 1 heterocycles. The molecule has 3 heteroatoms. The lowest BCUT2D eigenvalue weighted by molar-refractivity contribution is -0.133. The van der Waals surface area contributed by atoms with E-state index in [-0.39, 0.29) is 0 Å². The molecule has 1 aliphatic carbocycles. The summed E-state index contributed by atoms with van der Waals surface area (Å²) in [5, 5.41) is 13.2. The van der Waals surface area contributed by atoms with E-state index in [1.165, 1.54) is 6.42 Å². The number of aromatic nitrogens is 1. The average molecular weight is 285 g/mol. The van der Waals surface area contributed by atoms with Crippen LogP contribution in [0.4, 0.5) is 0 Å². The third-order valence-corrected chi connectivity index (χ3v) is 4.91. The number of methoxy groups -OCH3 is 1. The Bertz CT molecular complexity index is 622. The first kappa shape index (κ1) is 14.5. The zero-order valence-electron chi connectivity index (χ0n) is 12.7. The highest BCUT2D eigenvalue weighted by Crippen LogP contribution is 2.44. The van der Waals surface area contributed by atoms with Crippen molar-refractivity contribution in [3.8, 4) is 0 Å². The standard InChI is InChI=1S/C18H23NO2/c1-13-5-4-9-18(11-13,21-2)17(20)15-7-3-6-14-8-10-19-12-16(14)15/h3,6-8,10,12-13,17,20H,4-5,9,11H2,1-2H3. The predicted octanol–water partition coefficient (Wildman–Crippen LogP) is 3.86. The zero-order chi connectivity index (χ0) is 14.9. The van der Waals surface area contributed by atoms with Crippen molar-refractivity contribution in [3.63, 3.8) is 0 Å². The van der Waals surface area contributed by atoms with Crippen LogP contribution in [-0.4, -0.2) is 22.8 Å². The number of pyridine rings is 1. The molecule has 0 radical (unpaired) electrons. The number of fused-ring (bicyclic) bond motifs is 1. The number of hydrogen-bond donors (Lipinski definition) is 1. The lowest BCUT2D eigenvalue weighted by Gasteiger charge is -2.42. The van der Waals surface area contributed by atoms with Crippen molar-refractivity contribution in [2.75, 3.05) is 7.11 Å². The number of aliphatic hydroxyl groups excluding tert-OH is 1. The largest absolute Gasteiger partial charge is 0.385 e. The molecule has 1 saturated carbocycles. The molecular weight excluding hydrogens is 262 g/mol. The molecule has 3 unspecified atom stereocenters. The Labute approximate surface area is 126 Å². The zero-order valence-corrected chi connectivity index (χ0v) is 12.7. The van der Waals surface area contributed by atoms with E-state index in [9.17, 15) is 5.11 Å². The molecule has 1 fully saturated rings. The van der Waals surface area contributed by atoms with Crippen molar-refractivity contribution in [1.29, 1.82) is 0 Å². The van der Waals surface area contributed by atoms with Gasteiger partial charge in [0.2, 0.25) is 0 Å². The van der Waals surface area contributed by atoms with Crippen LogP contribution in [0.3, 0.4) is 0 Å². The SMILES string of the molecule is COC1(C(O)c2cccc3ccncc23)CCCC(C)C1. The molecule has 21 heavy (non-hydrogen) atoms. The van der Waals surface area contributed by atoms with Crippen molar-refractivity contribution < 1.29 is 9.84 Å². The molecule has 3 nitrogen and oxygen atoms in total. The van der Waals surface area contributed by atoms with Gasteiger partial charge in [0, 0.05) is 24.9 Å². The molecule has 3 rings (SSSR count). The summed E-state index contributed by atoms with van der Waals surface area (Å²) in [5.41, 5.74) is 0.457. The second-order valence-electron chi connectivity index (χ2n) is 6.32. The summed E-state index contributed by atoms with van der Waals surface area (Å²) in [6, 6.07) is 8.02. The average Bonchev–Trinajstić information content (AvgIpc) is 2.53. The fourth-order valence-corrected chi connectivity index (χ4v) is 3.75. The smallest absolute Gasteiger partial charge is 0.109 e. The van der Waals surface area contributed by atoms with Crippen LogP contribution in [0, 0.1) is 5.92 Å². The van der Waals surface area contributed by atoms with Gasteiger partial charge in [0.25, 0.3) is 0 Å². The topological polar surface area (TPSA) is 42.4 Å². The van der Waals surface area contributed by atoms with Crippen molar-refractivity contribution in [2.45, 2.75) is 44.3 Å². The van der Waals surface area contributed by atoms with Crippen molar-refractivity contribution in [3.05, 3.63) is 42.2 Å². The van der Waals surface area contributed by atoms with Crippen LogP contribution in [0.1, 0.15) is 44.3 Å². The van der Waals surface area contributed by atoms with E-state index in [1.807, 2.05) is 24.4 Å². The predicted molar refractivity (Wildman–Crippen MR) is 84.1 cm³/mol. The highest BCUT2D eigenvalue weighted by Gasteiger charge is 2.42. The number of ether oxygens (including phenoxy) is 1. The van der Waals surface area contributed by atoms with Gasteiger partial charge in [-0.25, -0.2) is 0 Å². The highest BCUT2D eigenvalue weighted by molar-refractivity contribution is 5.85. The van der Waals surface area contributed by atoms with Crippen LogP contribution in [0.25, 0.3) is 10.8 Å². The maximum absolute atomic E-state index is 11.1. The van der Waals surface area contributed by atoms with E-state index >= 15 is 0 Å². The van der Waals surface area contributed by atoms with Crippen LogP contribution in [0.5, 0.6) is 0 Å². The summed E-state index contributed by atoms with van der Waals surface area (Å²) in [6.07, 6.45) is 7.14. The first-order valence-corrected chi connectivity index (χ1v) is 7.72. The number of benzene rings is 1. The summed E-state index contributed by atoms with van der Waals surface area (Å²) in [5.74, 6) is 0.585. The van der Waals surface area contributed by atoms with Crippen LogP contribution in [0.15, 0.2) is 36.7 Å². The molecule has 0 saturated heterocycles. The van der Waals surface area contributed by atoms with Crippen molar-refractivity contribution in [1.82, 2.24) is 4.98 Å². The van der Waals surface area contributed by atoms with Gasteiger partial charge in [-0.05, 0) is 35.8 Å². The fourth-order valence-electron chi connectivity index (χ4n) is 3.75. The second-order valence-corrected chi connectivity index (χ2v) is 6.32. The lowest BCUT2D eigenvalue weighted by atomic mass is 9.73. The Balaban J connectivity index is 2.04. The summed E-state index contributed by atoms with van der Waals surface area (Å²) in [6.45, 7) is 2.24. The van der Waals surface area contributed by atoms with Gasteiger partial charge in [0.05, 0.1) is 5.60 Å². The van der Waals surface area contributed by atoms with E-state index in [0.29, 0.717) is 5.92 Å². The Kier molecular flexibility index (Phi) is 3.96. The number of rotatable bonds is 3. The molecule has 0 bridgehead atoms. The number of nitrogens with zero attached hydrogens (tertiary/aromatic N) is 1. The minimum absolute atomic E-state index is 0.470. The third-order valence-electron chi connectivity index (χ3n) is 4.91. The van der Waals surface area contributed by atoms with Gasteiger partial charge in [0.1, 0.15) is 6.10 Å². The molecule has 112 valence electrons. The minimum Gasteiger partial charge on any atom is -0.385 e. The monoisotopic (exact) mass is 285 g/mol. The van der Waals surface area contributed by atoms with Gasteiger partial charge >= 0.3 is 0 Å². The van der Waals surface area contributed by atoms with Crippen molar-refractivity contribution in [2.24, 2.45) is 5.92 Å². The Morgan fingerprint density at radius 3 is 3.00 bits per heavy atom. The fraction of sp³-hybridized carbons (Fsp3) is 0.500. The van der Waals surface area contributed by atoms with Crippen LogP contribution in [-0.2, 0) is 4.74 Å². The molecule has 1 N–H and O–H groups in total. The van der Waals surface area contributed by atoms with Crippen molar-refractivity contribution >= 4 is 10.8 Å². The molecule has 1 aliphatic rings. The molecule has 2 aromatic rings. The molecule has 0 spiro atoms. The van der Waals surface area contributed by atoms with Gasteiger partial charge in [-0.1, -0.05) is 38.0 Å². The Morgan fingerprint density at radius 1 is 1.38 bits per heavy atom. The normalized spacial score (nSPS) is 27.7. The van der Waals surface area contributed by atoms with Gasteiger partial charge in [-0.2, -0.15) is 0 Å². The van der Waals surface area contributed by atoms with E-state index in [4.69, 9.17) is 4.74 Å². The summed E-state index contributed by atoms with van der Waals surface area (Å²) in [7, 11) is 1.73. The number of aliphatic hydroxyl groups is 1. The molecular formula is C18H23NO2. The van der Waals surface area contributed by atoms with Gasteiger partial charge in [-0.3, -0.25) is 4.98 Å². The Morgan fingerprint density at radius 2 is 2.24 bits per heavy atom. The summed E-state index contributed by atoms with van der Waals surface area (Å²) in [4.78, 5) is 4.21. The molecule has 1 aromatic carbocycles. The van der Waals surface area contributed by atoms with E-state index < -0.39 is 11.7 Å². The first-order chi connectivity index (χ1) is 10.2. The van der Waals surface area contributed by atoms with Crippen LogP contribution >= 0.6 is 0 Å². The summed E-state index contributed by atoms with van der Waals surface area (Å²) >= 11 is 0. The maximum atomic E-state index is 11.1. The highest BCUT2D eigenvalue weighted by atomic mass is 16.5. The van der Waals surface area contributed by atoms with E-state index in [0.717, 1.165) is 35.6 Å². The third kappa shape index (κ3) is 2.56. The molecule has 0 amide bonds. The maximum Gasteiger partial charge on any atom is 0.109 e. The van der Waals surface area contributed by atoms with Gasteiger partial charge in [-0.15, -0.1) is 0 Å². The number of hydrogen-bond acceptors (Lipinski definition) is 3. The second kappa shape index (κ2) is 5.74. The Hall–Kier alpha value is -1.45.